The molecule has 0 aliphatic carbocycles. The monoisotopic (exact) mass is 366 g/mol. The fourth-order valence-electron chi connectivity index (χ4n) is 3.65. The van der Waals surface area contributed by atoms with E-state index >= 15 is 0 Å². The highest BCUT2D eigenvalue weighted by Crippen LogP contribution is 2.32. The van der Waals surface area contributed by atoms with Crippen LogP contribution in [-0.4, -0.2) is 64.2 Å². The van der Waals surface area contributed by atoms with Crippen molar-refractivity contribution in [2.75, 3.05) is 44.4 Å². The third-order valence-electron chi connectivity index (χ3n) is 5.03. The number of ether oxygens (including phenoxy) is 2. The highest BCUT2D eigenvalue weighted by atomic mass is 32.2. The fourth-order valence-corrected chi connectivity index (χ4v) is 5.11. The van der Waals surface area contributed by atoms with E-state index in [0.29, 0.717) is 50.8 Å². The Balaban J connectivity index is 1.58. The van der Waals surface area contributed by atoms with Gasteiger partial charge in [0.15, 0.2) is 0 Å². The van der Waals surface area contributed by atoms with Crippen LogP contribution in [-0.2, 0) is 30.7 Å². The molecule has 2 saturated heterocycles. The summed E-state index contributed by atoms with van der Waals surface area (Å²) in [6.45, 7) is 2.82. The van der Waals surface area contributed by atoms with E-state index < -0.39 is 10.0 Å². The standard InChI is InChI=1S/C17H22N2O5S/c20-17(16-2-1-9-24-16)19-6-5-13-12-14(3-4-15(13)19)25(21,22)18-7-10-23-11-8-18/h3-4,12,16H,1-2,5-11H2. The molecule has 0 saturated carbocycles. The summed E-state index contributed by atoms with van der Waals surface area (Å²) < 4.78 is 37.7. The van der Waals surface area contributed by atoms with E-state index in [9.17, 15) is 13.2 Å². The Hall–Kier alpha value is -1.48. The number of carbonyl (C=O) groups excluding carboxylic acids is 1. The topological polar surface area (TPSA) is 76.2 Å². The van der Waals surface area contributed by atoms with Gasteiger partial charge < -0.3 is 14.4 Å². The molecule has 2 fully saturated rings. The molecule has 0 radical (unpaired) electrons. The van der Waals surface area contributed by atoms with Crippen molar-refractivity contribution >= 4 is 21.6 Å². The van der Waals surface area contributed by atoms with E-state index in [4.69, 9.17) is 9.47 Å². The summed E-state index contributed by atoms with van der Waals surface area (Å²) in [5.74, 6) is -0.0139. The number of benzene rings is 1. The first-order valence-corrected chi connectivity index (χ1v) is 10.2. The molecule has 3 aliphatic heterocycles. The third kappa shape index (κ3) is 3.08. The predicted octanol–water partition coefficient (Wildman–Crippen LogP) is 0.776. The van der Waals surface area contributed by atoms with Crippen molar-refractivity contribution < 1.29 is 22.7 Å². The molecule has 136 valence electrons. The molecule has 0 N–H and O–H groups in total. The summed E-state index contributed by atoms with van der Waals surface area (Å²) in [6.07, 6.45) is 1.98. The Morgan fingerprint density at radius 2 is 1.92 bits per heavy atom. The first-order chi connectivity index (χ1) is 12.1. The number of carbonyl (C=O) groups is 1. The molecule has 3 aliphatic rings. The average Bonchev–Trinajstić information content (AvgIpc) is 3.31. The average molecular weight is 366 g/mol. The highest BCUT2D eigenvalue weighted by molar-refractivity contribution is 7.89. The molecule has 7 nitrogen and oxygen atoms in total. The molecule has 1 aromatic carbocycles. The number of nitrogens with zero attached hydrogens (tertiary/aromatic N) is 2. The number of sulfonamides is 1. The van der Waals surface area contributed by atoms with Crippen LogP contribution in [0.4, 0.5) is 5.69 Å². The van der Waals surface area contributed by atoms with Crippen LogP contribution in [0.5, 0.6) is 0 Å². The Labute approximate surface area is 147 Å². The number of fused-ring (bicyclic) bond motifs is 1. The summed E-state index contributed by atoms with van der Waals surface area (Å²) in [5.41, 5.74) is 1.71. The van der Waals surface area contributed by atoms with E-state index in [1.807, 2.05) is 0 Å². The first-order valence-electron chi connectivity index (χ1n) is 8.71. The molecule has 1 unspecified atom stereocenters. The van der Waals surface area contributed by atoms with E-state index in [0.717, 1.165) is 24.1 Å². The van der Waals surface area contributed by atoms with Crippen molar-refractivity contribution in [3.05, 3.63) is 23.8 Å². The van der Waals surface area contributed by atoms with Crippen molar-refractivity contribution in [1.82, 2.24) is 4.31 Å². The molecule has 0 aromatic heterocycles. The zero-order valence-electron chi connectivity index (χ0n) is 14.0. The number of anilines is 1. The van der Waals surface area contributed by atoms with Gasteiger partial charge in [0.1, 0.15) is 6.10 Å². The Kier molecular flexibility index (Phi) is 4.53. The smallest absolute Gasteiger partial charge is 0.256 e. The van der Waals surface area contributed by atoms with Crippen molar-refractivity contribution in [1.29, 1.82) is 0 Å². The molecular formula is C17H22N2O5S. The van der Waals surface area contributed by atoms with Gasteiger partial charge in [0.2, 0.25) is 10.0 Å². The van der Waals surface area contributed by atoms with E-state index in [-0.39, 0.29) is 12.0 Å². The number of morpholine rings is 1. The van der Waals surface area contributed by atoms with Crippen LogP contribution in [0.1, 0.15) is 18.4 Å². The van der Waals surface area contributed by atoms with Crippen LogP contribution < -0.4 is 4.90 Å². The van der Waals surface area contributed by atoms with Gasteiger partial charge in [-0.2, -0.15) is 4.31 Å². The predicted molar refractivity (Wildman–Crippen MR) is 91.1 cm³/mol. The van der Waals surface area contributed by atoms with Gasteiger partial charge in [-0.1, -0.05) is 0 Å². The van der Waals surface area contributed by atoms with Crippen LogP contribution in [0.2, 0.25) is 0 Å². The second-order valence-electron chi connectivity index (χ2n) is 6.55. The van der Waals surface area contributed by atoms with Gasteiger partial charge in [-0.25, -0.2) is 8.42 Å². The van der Waals surface area contributed by atoms with E-state index in [1.165, 1.54) is 4.31 Å². The van der Waals surface area contributed by atoms with Crippen LogP contribution in [0.15, 0.2) is 23.1 Å². The number of hydrogen-bond acceptors (Lipinski definition) is 5. The SMILES string of the molecule is O=C(C1CCCO1)N1CCc2cc(S(=O)(=O)N3CCOCC3)ccc21. The quantitative estimate of drug-likeness (QED) is 0.790. The number of amides is 1. The molecule has 1 atom stereocenters. The summed E-state index contributed by atoms with van der Waals surface area (Å²) in [7, 11) is -3.51. The second kappa shape index (κ2) is 6.68. The van der Waals surface area contributed by atoms with Crippen LogP contribution in [0.25, 0.3) is 0 Å². The number of hydrogen-bond donors (Lipinski definition) is 0. The lowest BCUT2D eigenvalue weighted by Crippen LogP contribution is -2.40. The van der Waals surface area contributed by atoms with Gasteiger partial charge in [0, 0.05) is 31.9 Å². The second-order valence-corrected chi connectivity index (χ2v) is 8.49. The Bertz CT molecular complexity index is 767. The van der Waals surface area contributed by atoms with Gasteiger partial charge in [-0.15, -0.1) is 0 Å². The lowest BCUT2D eigenvalue weighted by atomic mass is 10.1. The lowest BCUT2D eigenvalue weighted by molar-refractivity contribution is -0.127. The maximum Gasteiger partial charge on any atom is 0.256 e. The molecule has 1 amide bonds. The van der Waals surface area contributed by atoms with Gasteiger partial charge in [-0.05, 0) is 43.0 Å². The number of rotatable bonds is 3. The third-order valence-corrected chi connectivity index (χ3v) is 6.92. The largest absolute Gasteiger partial charge is 0.379 e. The molecule has 1 aromatic rings. The van der Waals surface area contributed by atoms with Crippen molar-refractivity contribution in [2.24, 2.45) is 0 Å². The van der Waals surface area contributed by atoms with Crippen molar-refractivity contribution in [2.45, 2.75) is 30.3 Å². The lowest BCUT2D eigenvalue weighted by Gasteiger charge is -2.26. The van der Waals surface area contributed by atoms with Gasteiger partial charge >= 0.3 is 0 Å². The zero-order chi connectivity index (χ0) is 17.4. The first kappa shape index (κ1) is 17.0. The van der Waals surface area contributed by atoms with Gasteiger partial charge in [0.05, 0.1) is 18.1 Å². The Morgan fingerprint density at radius 3 is 2.64 bits per heavy atom. The van der Waals surface area contributed by atoms with Crippen LogP contribution in [0, 0.1) is 0 Å². The molecule has 0 spiro atoms. The normalized spacial score (nSPS) is 24.5. The molecule has 3 heterocycles. The van der Waals surface area contributed by atoms with E-state index in [2.05, 4.69) is 0 Å². The summed E-state index contributed by atoms with van der Waals surface area (Å²) >= 11 is 0. The fraction of sp³-hybridized carbons (Fsp3) is 0.588. The molecule has 4 rings (SSSR count). The Morgan fingerprint density at radius 1 is 1.12 bits per heavy atom. The molecule has 25 heavy (non-hydrogen) atoms. The van der Waals surface area contributed by atoms with Crippen molar-refractivity contribution in [3.8, 4) is 0 Å². The zero-order valence-corrected chi connectivity index (χ0v) is 14.8. The summed E-state index contributed by atoms with van der Waals surface area (Å²) in [4.78, 5) is 14.6. The summed E-state index contributed by atoms with van der Waals surface area (Å²) in [6, 6.07) is 5.07. The molecule has 0 bridgehead atoms. The summed E-state index contributed by atoms with van der Waals surface area (Å²) in [5, 5.41) is 0. The van der Waals surface area contributed by atoms with Crippen LogP contribution >= 0.6 is 0 Å². The van der Waals surface area contributed by atoms with Crippen molar-refractivity contribution in [3.63, 3.8) is 0 Å². The minimum absolute atomic E-state index is 0.0139. The van der Waals surface area contributed by atoms with E-state index in [1.54, 1.807) is 23.1 Å². The minimum Gasteiger partial charge on any atom is -0.379 e. The maximum absolute atomic E-state index is 12.8. The minimum atomic E-state index is -3.51. The highest BCUT2D eigenvalue weighted by Gasteiger charge is 2.34. The molecule has 8 heteroatoms. The van der Waals surface area contributed by atoms with Gasteiger partial charge in [0.25, 0.3) is 5.91 Å². The maximum atomic E-state index is 12.8. The van der Waals surface area contributed by atoms with Crippen LogP contribution in [0.3, 0.4) is 0 Å². The van der Waals surface area contributed by atoms with Gasteiger partial charge in [-0.3, -0.25) is 4.79 Å². The molecular weight excluding hydrogens is 344 g/mol.